The molecule has 0 unspecified atom stereocenters. The van der Waals surface area contributed by atoms with E-state index in [1.165, 1.54) is 0 Å². The van der Waals surface area contributed by atoms with Gasteiger partial charge in [0.05, 0.1) is 18.5 Å². The Kier molecular flexibility index (Phi) is 9.00. The molecule has 1 aliphatic heterocycles. The molecule has 2 heterocycles. The van der Waals surface area contributed by atoms with Crippen LogP contribution in [0.4, 0.5) is 5.69 Å². The van der Waals surface area contributed by atoms with Gasteiger partial charge >= 0.3 is 17.1 Å². The molecule has 0 bridgehead atoms. The molecule has 3 aromatic rings. The van der Waals surface area contributed by atoms with Crippen LogP contribution in [-0.4, -0.2) is 27.6 Å². The van der Waals surface area contributed by atoms with Gasteiger partial charge in [0.1, 0.15) is 30.5 Å². The Balaban J connectivity index is 0.000000431. The molecule has 10 radical (unpaired) electrons. The summed E-state index contributed by atoms with van der Waals surface area (Å²) in [6.07, 6.45) is 21.6. The molecular weight excluding hydrogens is 478 g/mol. The zero-order chi connectivity index (χ0) is 23.2. The third-order valence-corrected chi connectivity index (χ3v) is 5.77. The van der Waals surface area contributed by atoms with E-state index >= 15 is 0 Å². The van der Waals surface area contributed by atoms with Crippen LogP contribution < -0.4 is 9.75 Å². The maximum absolute atomic E-state index is 5.35. The minimum absolute atomic E-state index is 0. The number of anilines is 1. The van der Waals surface area contributed by atoms with Crippen LogP contribution in [0.5, 0.6) is 5.75 Å². The first kappa shape index (κ1) is 25.5. The molecule has 2 fully saturated rings. The van der Waals surface area contributed by atoms with Gasteiger partial charge in [-0.05, 0) is 87.6 Å². The molecule has 35 heavy (non-hydrogen) atoms. The molecule has 0 N–H and O–H groups in total. The Labute approximate surface area is 219 Å². The summed E-state index contributed by atoms with van der Waals surface area (Å²) in [5, 5.41) is 11.6. The summed E-state index contributed by atoms with van der Waals surface area (Å²) in [6, 6.07) is 18.2. The van der Waals surface area contributed by atoms with Crippen molar-refractivity contribution in [3.05, 3.63) is 137 Å². The number of hydrogen-bond acceptors (Lipinski definition) is 5. The molecule has 0 saturated heterocycles. The molecular formula is C28H25FeN5O+2. The number of aromatic nitrogens is 3. The second kappa shape index (κ2) is 12.4. The van der Waals surface area contributed by atoms with Crippen LogP contribution in [0.3, 0.4) is 0 Å². The van der Waals surface area contributed by atoms with Crippen molar-refractivity contribution in [1.82, 2.24) is 14.8 Å². The fourth-order valence-corrected chi connectivity index (χ4v) is 4.17. The predicted molar refractivity (Wildman–Crippen MR) is 133 cm³/mol. The van der Waals surface area contributed by atoms with Crippen LogP contribution in [-0.2, 0) is 17.1 Å². The SMILES string of the molecule is COc1ccc([C@H]2[C@H](n3cncn3)C([C]3[CH][CH][CH][CH]3)=NN2c2ccccc2)cc1.[CH]1[CH][CH][CH][CH]1.[Fe+2]. The van der Waals surface area contributed by atoms with Crippen LogP contribution in [0.25, 0.3) is 0 Å². The van der Waals surface area contributed by atoms with Crippen molar-refractivity contribution in [2.75, 3.05) is 12.1 Å². The average molecular weight is 503 g/mol. The van der Waals surface area contributed by atoms with E-state index in [1.54, 1.807) is 19.8 Å². The molecule has 6 nitrogen and oxygen atoms in total. The van der Waals surface area contributed by atoms with E-state index in [4.69, 9.17) is 9.84 Å². The first-order valence-corrected chi connectivity index (χ1v) is 11.1. The van der Waals surface area contributed by atoms with Gasteiger partial charge in [-0.1, -0.05) is 30.3 Å². The van der Waals surface area contributed by atoms with Gasteiger partial charge in [-0.3, -0.25) is 5.01 Å². The summed E-state index contributed by atoms with van der Waals surface area (Å²) in [5.41, 5.74) is 3.12. The average Bonchev–Trinajstić information content (AvgIpc) is 3.72. The molecule has 2 saturated carbocycles. The number of ether oxygens (including phenoxy) is 1. The normalized spacial score (nSPS) is 21.7. The van der Waals surface area contributed by atoms with Crippen molar-refractivity contribution >= 4 is 11.4 Å². The number of methoxy groups -OCH3 is 1. The van der Waals surface area contributed by atoms with Gasteiger partial charge in [0.15, 0.2) is 0 Å². The molecule has 0 spiro atoms. The Morgan fingerprint density at radius 1 is 0.771 bits per heavy atom. The van der Waals surface area contributed by atoms with E-state index in [0.29, 0.717) is 0 Å². The van der Waals surface area contributed by atoms with Crippen molar-refractivity contribution in [3.63, 3.8) is 0 Å². The molecule has 2 atom stereocenters. The van der Waals surface area contributed by atoms with Crippen LogP contribution >= 0.6 is 0 Å². The maximum Gasteiger partial charge on any atom is 2.00 e. The van der Waals surface area contributed by atoms with E-state index in [2.05, 4.69) is 52.2 Å². The van der Waals surface area contributed by atoms with Crippen molar-refractivity contribution in [2.45, 2.75) is 12.1 Å². The number of para-hydroxylation sites is 1. The van der Waals surface area contributed by atoms with Crippen molar-refractivity contribution in [2.24, 2.45) is 5.10 Å². The smallest absolute Gasteiger partial charge is 0.497 e. The standard InChI is InChI=1S/C23H20N5O.C5H5.Fe/c1-29-20-13-11-18(12-14-20)22-23(27-16-24-15-25-27)21(17-7-5-6-8-17)26-28(22)19-9-3-2-4-10-19;1-2-4-5-3-1;/h2-16,22-23H,1H3;1-5H;/q;;+2/t22-,23+;;/m0../s1. The van der Waals surface area contributed by atoms with Crippen molar-refractivity contribution in [1.29, 1.82) is 0 Å². The fourth-order valence-electron chi connectivity index (χ4n) is 4.17. The van der Waals surface area contributed by atoms with Gasteiger partial charge in [-0.25, -0.2) is 9.67 Å². The van der Waals surface area contributed by atoms with E-state index in [-0.39, 0.29) is 29.2 Å². The summed E-state index contributed by atoms with van der Waals surface area (Å²) >= 11 is 0. The quantitative estimate of drug-likeness (QED) is 0.467. The number of nitrogens with zero attached hydrogens (tertiary/aromatic N) is 5. The zero-order valence-corrected chi connectivity index (χ0v) is 20.3. The Morgan fingerprint density at radius 2 is 1.43 bits per heavy atom. The van der Waals surface area contributed by atoms with E-state index < -0.39 is 0 Å². The molecule has 0 amide bonds. The summed E-state index contributed by atoms with van der Waals surface area (Å²) in [5.74, 6) is 1.91. The molecule has 174 valence electrons. The van der Waals surface area contributed by atoms with Crippen LogP contribution in [0.2, 0.25) is 0 Å². The first-order valence-electron chi connectivity index (χ1n) is 11.1. The van der Waals surface area contributed by atoms with Crippen LogP contribution in [0.15, 0.2) is 72.4 Å². The van der Waals surface area contributed by atoms with Gasteiger partial charge in [-0.15, -0.1) is 0 Å². The second-order valence-electron chi connectivity index (χ2n) is 7.84. The van der Waals surface area contributed by atoms with E-state index in [1.807, 2.05) is 80.0 Å². The summed E-state index contributed by atoms with van der Waals surface area (Å²) in [7, 11) is 1.68. The summed E-state index contributed by atoms with van der Waals surface area (Å²) < 4.78 is 7.25. The number of hydrogen-bond donors (Lipinski definition) is 0. The minimum atomic E-state index is -0.117. The third-order valence-electron chi connectivity index (χ3n) is 5.77. The van der Waals surface area contributed by atoms with Crippen molar-refractivity contribution < 1.29 is 21.8 Å². The number of hydrazone groups is 1. The maximum atomic E-state index is 5.35. The van der Waals surface area contributed by atoms with Crippen LogP contribution in [0, 0.1) is 63.7 Å². The second-order valence-corrected chi connectivity index (χ2v) is 7.84. The van der Waals surface area contributed by atoms with Gasteiger partial charge in [0, 0.05) is 5.92 Å². The predicted octanol–water partition coefficient (Wildman–Crippen LogP) is 4.87. The molecule has 2 aliphatic carbocycles. The number of rotatable bonds is 5. The zero-order valence-electron chi connectivity index (χ0n) is 19.2. The first-order chi connectivity index (χ1) is 16.8. The van der Waals surface area contributed by atoms with E-state index in [9.17, 15) is 0 Å². The van der Waals surface area contributed by atoms with E-state index in [0.717, 1.165) is 28.6 Å². The van der Waals surface area contributed by atoms with Crippen molar-refractivity contribution in [3.8, 4) is 5.75 Å². The van der Waals surface area contributed by atoms with Gasteiger partial charge < -0.3 is 4.74 Å². The van der Waals surface area contributed by atoms with Gasteiger partial charge in [0.25, 0.3) is 0 Å². The molecule has 3 aliphatic rings. The van der Waals surface area contributed by atoms with Crippen LogP contribution in [0.1, 0.15) is 17.6 Å². The number of benzene rings is 2. The summed E-state index contributed by atoms with van der Waals surface area (Å²) in [4.78, 5) is 4.19. The molecule has 7 heteroatoms. The Morgan fingerprint density at radius 3 is 2.00 bits per heavy atom. The topological polar surface area (TPSA) is 55.5 Å². The Hall–Kier alpha value is -2.63. The monoisotopic (exact) mass is 503 g/mol. The largest absolute Gasteiger partial charge is 2.00 e. The van der Waals surface area contributed by atoms with Gasteiger partial charge in [0.2, 0.25) is 0 Å². The third kappa shape index (κ3) is 5.79. The molecule has 6 rings (SSSR count). The Bertz CT molecular complexity index is 1040. The fraction of sp³-hybridized carbons (Fsp3) is 0.107. The molecule has 1 aromatic heterocycles. The molecule has 2 aromatic carbocycles. The van der Waals surface area contributed by atoms with Gasteiger partial charge in [-0.2, -0.15) is 10.2 Å². The minimum Gasteiger partial charge on any atom is -0.497 e. The summed E-state index contributed by atoms with van der Waals surface area (Å²) in [6.45, 7) is 0.